The molecule has 8 heteroatoms. The van der Waals surface area contributed by atoms with E-state index in [1.165, 1.54) is 0 Å². The first kappa shape index (κ1) is 13.5. The second-order valence-electron chi connectivity index (χ2n) is 5.92. The van der Waals surface area contributed by atoms with Gasteiger partial charge in [-0.1, -0.05) is 12.1 Å². The minimum atomic E-state index is 0.227. The van der Waals surface area contributed by atoms with Crippen molar-refractivity contribution in [1.82, 2.24) is 29.8 Å². The summed E-state index contributed by atoms with van der Waals surface area (Å²) in [5.74, 6) is 2.01. The first-order valence-electron chi connectivity index (χ1n) is 8.04. The molecule has 0 unspecified atom stereocenters. The standard InChI is InChI=1S/C18H10N6O2/c1-2-4-12-11(3-1)20-13-8-19-24-17(22-23-18(24)16(13)21-12)10-5-6-14-15(7-10)26-9-25-14/h1-8H,9H2. The maximum absolute atomic E-state index is 5.45. The molecule has 2 aromatic carbocycles. The SMILES string of the molecule is c1ccc2nc3c(cnn4c(-c5ccc6c(c5)OCO6)nnc34)nc2c1. The molecule has 0 saturated carbocycles. The Morgan fingerprint density at radius 2 is 1.69 bits per heavy atom. The molecular weight excluding hydrogens is 332 g/mol. The van der Waals surface area contributed by atoms with Gasteiger partial charge >= 0.3 is 0 Å². The minimum absolute atomic E-state index is 0.227. The Morgan fingerprint density at radius 3 is 2.62 bits per heavy atom. The van der Waals surface area contributed by atoms with E-state index in [9.17, 15) is 0 Å². The second kappa shape index (κ2) is 4.85. The summed E-state index contributed by atoms with van der Waals surface area (Å²) >= 11 is 0. The minimum Gasteiger partial charge on any atom is -0.454 e. The van der Waals surface area contributed by atoms with E-state index >= 15 is 0 Å². The van der Waals surface area contributed by atoms with Gasteiger partial charge in [0.2, 0.25) is 12.4 Å². The predicted octanol–water partition coefficient (Wildman–Crippen LogP) is 2.62. The van der Waals surface area contributed by atoms with Crippen molar-refractivity contribution < 1.29 is 9.47 Å². The van der Waals surface area contributed by atoms with Gasteiger partial charge in [0.25, 0.3) is 0 Å². The molecule has 3 aromatic heterocycles. The maximum atomic E-state index is 5.45. The van der Waals surface area contributed by atoms with Crippen LogP contribution in [0.25, 0.3) is 39.1 Å². The highest BCUT2D eigenvalue weighted by Gasteiger charge is 2.18. The largest absolute Gasteiger partial charge is 0.454 e. The van der Waals surface area contributed by atoms with Crippen LogP contribution in [0.5, 0.6) is 11.5 Å². The lowest BCUT2D eigenvalue weighted by Crippen LogP contribution is -1.98. The van der Waals surface area contributed by atoms with Gasteiger partial charge in [-0.25, -0.2) is 9.97 Å². The third kappa shape index (κ3) is 1.80. The van der Waals surface area contributed by atoms with E-state index in [1.807, 2.05) is 42.5 Å². The quantitative estimate of drug-likeness (QED) is 0.433. The molecule has 0 amide bonds. The summed E-state index contributed by atoms with van der Waals surface area (Å²) in [5, 5.41) is 13.1. The molecule has 124 valence electrons. The zero-order valence-corrected chi connectivity index (χ0v) is 13.3. The van der Waals surface area contributed by atoms with Crippen LogP contribution in [0, 0.1) is 0 Å². The van der Waals surface area contributed by atoms with Crippen LogP contribution < -0.4 is 9.47 Å². The van der Waals surface area contributed by atoms with E-state index in [-0.39, 0.29) is 6.79 Å². The number of para-hydroxylation sites is 2. The molecule has 6 rings (SSSR count). The highest BCUT2D eigenvalue weighted by molar-refractivity contribution is 5.93. The van der Waals surface area contributed by atoms with Crippen LogP contribution in [0.3, 0.4) is 0 Å². The van der Waals surface area contributed by atoms with Gasteiger partial charge in [0.15, 0.2) is 17.3 Å². The Kier molecular flexibility index (Phi) is 2.52. The third-order valence-electron chi connectivity index (χ3n) is 4.38. The lowest BCUT2D eigenvalue weighted by Gasteiger charge is -2.03. The third-order valence-corrected chi connectivity index (χ3v) is 4.38. The Hall–Kier alpha value is -3.81. The fraction of sp³-hybridized carbons (Fsp3) is 0.0556. The predicted molar refractivity (Wildman–Crippen MR) is 92.9 cm³/mol. The van der Waals surface area contributed by atoms with E-state index in [2.05, 4.69) is 20.3 Å². The summed E-state index contributed by atoms with van der Waals surface area (Å²) in [6, 6.07) is 13.3. The van der Waals surface area contributed by atoms with Crippen LogP contribution in [-0.4, -0.2) is 36.6 Å². The maximum Gasteiger partial charge on any atom is 0.231 e. The van der Waals surface area contributed by atoms with Crippen molar-refractivity contribution in [2.75, 3.05) is 6.79 Å². The lowest BCUT2D eigenvalue weighted by atomic mass is 10.2. The van der Waals surface area contributed by atoms with Crippen molar-refractivity contribution in [2.24, 2.45) is 0 Å². The highest BCUT2D eigenvalue weighted by atomic mass is 16.7. The van der Waals surface area contributed by atoms with Crippen LogP contribution in [0.1, 0.15) is 0 Å². The van der Waals surface area contributed by atoms with Crippen LogP contribution in [0.4, 0.5) is 0 Å². The van der Waals surface area contributed by atoms with Gasteiger partial charge in [-0.15, -0.1) is 10.2 Å². The summed E-state index contributed by atoms with van der Waals surface area (Å²) in [6.45, 7) is 0.227. The fourth-order valence-corrected chi connectivity index (χ4v) is 3.13. The van der Waals surface area contributed by atoms with Crippen LogP contribution >= 0.6 is 0 Å². The Bertz CT molecular complexity index is 1330. The van der Waals surface area contributed by atoms with E-state index in [1.54, 1.807) is 10.7 Å². The molecule has 8 nitrogen and oxygen atoms in total. The van der Waals surface area contributed by atoms with Gasteiger partial charge in [0.1, 0.15) is 11.0 Å². The van der Waals surface area contributed by atoms with E-state index < -0.39 is 0 Å². The Morgan fingerprint density at radius 1 is 0.846 bits per heavy atom. The molecule has 0 bridgehead atoms. The molecule has 0 radical (unpaired) electrons. The molecule has 1 aliphatic heterocycles. The normalized spacial score (nSPS) is 13.1. The molecule has 26 heavy (non-hydrogen) atoms. The summed E-state index contributed by atoms with van der Waals surface area (Å²) < 4.78 is 12.5. The topological polar surface area (TPSA) is 87.3 Å². The molecule has 4 heterocycles. The fourth-order valence-electron chi connectivity index (χ4n) is 3.13. The van der Waals surface area contributed by atoms with Crippen LogP contribution in [0.15, 0.2) is 48.7 Å². The Balaban J connectivity index is 1.61. The van der Waals surface area contributed by atoms with E-state index in [0.717, 1.165) is 22.3 Å². The van der Waals surface area contributed by atoms with Crippen LogP contribution in [0.2, 0.25) is 0 Å². The Labute approximate surface area is 146 Å². The van der Waals surface area contributed by atoms with Gasteiger partial charge in [-0.05, 0) is 30.3 Å². The van der Waals surface area contributed by atoms with Crippen molar-refractivity contribution in [3.8, 4) is 22.9 Å². The summed E-state index contributed by atoms with van der Waals surface area (Å²) in [6.07, 6.45) is 1.68. The van der Waals surface area contributed by atoms with Crippen molar-refractivity contribution in [1.29, 1.82) is 0 Å². The van der Waals surface area contributed by atoms with Gasteiger partial charge in [0.05, 0.1) is 17.2 Å². The molecule has 1 aliphatic rings. The van der Waals surface area contributed by atoms with E-state index in [0.29, 0.717) is 28.3 Å². The number of aromatic nitrogens is 6. The molecule has 0 N–H and O–H groups in total. The van der Waals surface area contributed by atoms with Gasteiger partial charge in [-0.3, -0.25) is 0 Å². The van der Waals surface area contributed by atoms with Crippen molar-refractivity contribution >= 4 is 27.7 Å². The first-order valence-corrected chi connectivity index (χ1v) is 8.04. The van der Waals surface area contributed by atoms with Crippen LogP contribution in [-0.2, 0) is 0 Å². The second-order valence-corrected chi connectivity index (χ2v) is 5.92. The van der Waals surface area contributed by atoms with Crippen molar-refractivity contribution in [2.45, 2.75) is 0 Å². The van der Waals surface area contributed by atoms with Crippen molar-refractivity contribution in [3.05, 3.63) is 48.7 Å². The monoisotopic (exact) mass is 342 g/mol. The van der Waals surface area contributed by atoms with E-state index in [4.69, 9.17) is 14.5 Å². The molecular formula is C18H10N6O2. The molecule has 0 saturated heterocycles. The lowest BCUT2D eigenvalue weighted by molar-refractivity contribution is 0.174. The average Bonchev–Trinajstić information content (AvgIpc) is 3.32. The summed E-state index contributed by atoms with van der Waals surface area (Å²) in [4.78, 5) is 9.31. The number of benzene rings is 2. The number of nitrogens with zero attached hydrogens (tertiary/aromatic N) is 6. The number of ether oxygens (including phenoxy) is 2. The van der Waals surface area contributed by atoms with Gasteiger partial charge < -0.3 is 9.47 Å². The smallest absolute Gasteiger partial charge is 0.231 e. The van der Waals surface area contributed by atoms with Crippen molar-refractivity contribution in [3.63, 3.8) is 0 Å². The summed E-state index contributed by atoms with van der Waals surface area (Å²) in [7, 11) is 0. The zero-order chi connectivity index (χ0) is 17.1. The highest BCUT2D eigenvalue weighted by Crippen LogP contribution is 2.35. The molecule has 0 aliphatic carbocycles. The first-order chi connectivity index (χ1) is 12.9. The number of hydrogen-bond acceptors (Lipinski definition) is 7. The van der Waals surface area contributed by atoms with Gasteiger partial charge in [0, 0.05) is 5.56 Å². The zero-order valence-electron chi connectivity index (χ0n) is 13.3. The van der Waals surface area contributed by atoms with Gasteiger partial charge in [-0.2, -0.15) is 9.61 Å². The molecule has 0 atom stereocenters. The average molecular weight is 342 g/mol. The number of fused-ring (bicyclic) bond motifs is 5. The molecule has 5 aromatic rings. The summed E-state index contributed by atoms with van der Waals surface area (Å²) in [5.41, 5.74) is 4.37. The molecule has 0 spiro atoms. The number of hydrogen-bond donors (Lipinski definition) is 0. The molecule has 0 fully saturated rings. The number of rotatable bonds is 1.